The number of carbonyl (C=O) groups excluding carboxylic acids is 1. The maximum Gasteiger partial charge on any atom is 0.308 e. The molecule has 0 aliphatic carbocycles. The molecule has 1 atom stereocenters. The van der Waals surface area contributed by atoms with E-state index in [4.69, 9.17) is 0 Å². The first kappa shape index (κ1) is 16.2. The van der Waals surface area contributed by atoms with Gasteiger partial charge in [0.15, 0.2) is 0 Å². The molecule has 110 valence electrons. The Balaban J connectivity index is 2.40. The summed E-state index contributed by atoms with van der Waals surface area (Å²) in [5.74, 6) is -1.51. The lowest BCUT2D eigenvalue weighted by Gasteiger charge is -2.13. The monoisotopic (exact) mass is 277 g/mol. The Kier molecular flexibility index (Phi) is 7.40. The molecule has 0 aliphatic heterocycles. The van der Waals surface area contributed by atoms with E-state index in [-0.39, 0.29) is 12.5 Å². The lowest BCUT2D eigenvalue weighted by molar-refractivity contribution is -0.141. The summed E-state index contributed by atoms with van der Waals surface area (Å²) in [6.45, 7) is 2.27. The number of hydrogen-bond acceptors (Lipinski definition) is 2. The molecule has 20 heavy (non-hydrogen) atoms. The van der Waals surface area contributed by atoms with Gasteiger partial charge in [-0.3, -0.25) is 9.59 Å². The highest BCUT2D eigenvalue weighted by Crippen LogP contribution is 2.08. The third-order valence-electron chi connectivity index (χ3n) is 3.23. The molecule has 1 aromatic carbocycles. The van der Waals surface area contributed by atoms with Crippen molar-refractivity contribution in [3.8, 4) is 0 Å². The molecule has 0 spiro atoms. The predicted octanol–water partition coefficient (Wildman–Crippen LogP) is 2.63. The predicted molar refractivity (Wildman–Crippen MR) is 78.4 cm³/mol. The number of rotatable bonds is 9. The number of amides is 1. The van der Waals surface area contributed by atoms with E-state index >= 15 is 0 Å². The fraction of sp³-hybridized carbons (Fsp3) is 0.500. The number of nitrogens with one attached hydrogen (secondary N) is 1. The molecule has 1 rings (SSSR count). The smallest absolute Gasteiger partial charge is 0.308 e. The van der Waals surface area contributed by atoms with Crippen molar-refractivity contribution in [2.24, 2.45) is 5.92 Å². The van der Waals surface area contributed by atoms with Gasteiger partial charge in [0.2, 0.25) is 5.91 Å². The van der Waals surface area contributed by atoms with E-state index in [1.165, 1.54) is 0 Å². The molecule has 0 radical (unpaired) electrons. The summed E-state index contributed by atoms with van der Waals surface area (Å²) in [5.41, 5.74) is 0.972. The second kappa shape index (κ2) is 9.13. The van der Waals surface area contributed by atoms with Crippen molar-refractivity contribution < 1.29 is 14.7 Å². The van der Waals surface area contributed by atoms with Gasteiger partial charge in [-0.1, -0.05) is 50.1 Å². The molecular formula is C16H23NO3. The third kappa shape index (κ3) is 6.36. The standard InChI is InChI=1S/C16H23NO3/c1-2-3-5-10-15(18)17-12-14(16(19)20)11-13-8-6-4-7-9-13/h4,6-9,14H,2-3,5,10-12H2,1H3,(H,17,18)(H,19,20). The first-order valence-corrected chi connectivity index (χ1v) is 7.17. The number of carboxylic acids is 1. The summed E-state index contributed by atoms with van der Waals surface area (Å²) in [7, 11) is 0. The van der Waals surface area contributed by atoms with Crippen LogP contribution in [-0.2, 0) is 16.0 Å². The Morgan fingerprint density at radius 2 is 1.90 bits per heavy atom. The highest BCUT2D eigenvalue weighted by atomic mass is 16.4. The molecule has 0 aromatic heterocycles. The van der Waals surface area contributed by atoms with Crippen LogP contribution >= 0.6 is 0 Å². The largest absolute Gasteiger partial charge is 0.481 e. The molecule has 1 unspecified atom stereocenters. The molecule has 0 saturated heterocycles. The van der Waals surface area contributed by atoms with Crippen LogP contribution in [0.2, 0.25) is 0 Å². The highest BCUT2D eigenvalue weighted by molar-refractivity contribution is 5.77. The van der Waals surface area contributed by atoms with Crippen LogP contribution in [0.1, 0.15) is 38.2 Å². The van der Waals surface area contributed by atoms with Gasteiger partial charge in [0.25, 0.3) is 0 Å². The van der Waals surface area contributed by atoms with Crippen LogP contribution in [0.4, 0.5) is 0 Å². The third-order valence-corrected chi connectivity index (χ3v) is 3.23. The zero-order chi connectivity index (χ0) is 14.8. The quantitative estimate of drug-likeness (QED) is 0.682. The summed E-state index contributed by atoms with van der Waals surface area (Å²) in [6.07, 6.45) is 3.87. The molecular weight excluding hydrogens is 254 g/mol. The molecule has 0 bridgehead atoms. The van der Waals surface area contributed by atoms with E-state index in [0.29, 0.717) is 12.8 Å². The number of carbonyl (C=O) groups is 2. The molecule has 4 heteroatoms. The van der Waals surface area contributed by atoms with Crippen LogP contribution < -0.4 is 5.32 Å². The van der Waals surface area contributed by atoms with Gasteiger partial charge >= 0.3 is 5.97 Å². The van der Waals surface area contributed by atoms with Crippen LogP contribution in [0, 0.1) is 5.92 Å². The first-order valence-electron chi connectivity index (χ1n) is 7.17. The van der Waals surface area contributed by atoms with E-state index < -0.39 is 11.9 Å². The molecule has 1 amide bonds. The van der Waals surface area contributed by atoms with E-state index in [9.17, 15) is 14.7 Å². The first-order chi connectivity index (χ1) is 9.63. The van der Waals surface area contributed by atoms with Gasteiger partial charge < -0.3 is 10.4 Å². The van der Waals surface area contributed by atoms with Gasteiger partial charge in [0, 0.05) is 13.0 Å². The van der Waals surface area contributed by atoms with Crippen molar-refractivity contribution in [3.63, 3.8) is 0 Å². The summed E-state index contributed by atoms with van der Waals surface area (Å²) >= 11 is 0. The lowest BCUT2D eigenvalue weighted by Crippen LogP contribution is -2.33. The summed E-state index contributed by atoms with van der Waals surface area (Å²) in [4.78, 5) is 22.8. The summed E-state index contributed by atoms with van der Waals surface area (Å²) in [6, 6.07) is 9.47. The Labute approximate surface area is 120 Å². The van der Waals surface area contributed by atoms with Crippen LogP contribution in [0.15, 0.2) is 30.3 Å². The van der Waals surface area contributed by atoms with Gasteiger partial charge in [-0.05, 0) is 18.4 Å². The second-order valence-electron chi connectivity index (χ2n) is 4.99. The minimum absolute atomic E-state index is 0.0576. The van der Waals surface area contributed by atoms with Crippen molar-refractivity contribution in [1.82, 2.24) is 5.32 Å². The molecule has 0 saturated carbocycles. The van der Waals surface area contributed by atoms with E-state index in [2.05, 4.69) is 12.2 Å². The summed E-state index contributed by atoms with van der Waals surface area (Å²) < 4.78 is 0. The van der Waals surface area contributed by atoms with Crippen LogP contribution in [0.3, 0.4) is 0 Å². The van der Waals surface area contributed by atoms with Crippen molar-refractivity contribution in [1.29, 1.82) is 0 Å². The van der Waals surface area contributed by atoms with E-state index in [0.717, 1.165) is 24.8 Å². The normalized spacial score (nSPS) is 11.8. The Morgan fingerprint density at radius 1 is 1.20 bits per heavy atom. The van der Waals surface area contributed by atoms with Crippen molar-refractivity contribution in [2.45, 2.75) is 39.0 Å². The maximum absolute atomic E-state index is 11.6. The minimum Gasteiger partial charge on any atom is -0.481 e. The van der Waals surface area contributed by atoms with Crippen molar-refractivity contribution in [2.75, 3.05) is 6.54 Å². The second-order valence-corrected chi connectivity index (χ2v) is 4.99. The Hall–Kier alpha value is -1.84. The lowest BCUT2D eigenvalue weighted by atomic mass is 9.99. The van der Waals surface area contributed by atoms with Gasteiger partial charge in [0.1, 0.15) is 0 Å². The van der Waals surface area contributed by atoms with Crippen molar-refractivity contribution >= 4 is 11.9 Å². The maximum atomic E-state index is 11.6. The molecule has 0 fully saturated rings. The van der Waals surface area contributed by atoms with Gasteiger partial charge in [0.05, 0.1) is 5.92 Å². The number of benzene rings is 1. The number of aliphatic carboxylic acids is 1. The van der Waals surface area contributed by atoms with Crippen molar-refractivity contribution in [3.05, 3.63) is 35.9 Å². The summed E-state index contributed by atoms with van der Waals surface area (Å²) in [5, 5.41) is 11.9. The zero-order valence-corrected chi connectivity index (χ0v) is 12.0. The SMILES string of the molecule is CCCCCC(=O)NCC(Cc1ccccc1)C(=O)O. The van der Waals surface area contributed by atoms with Crippen LogP contribution in [0.5, 0.6) is 0 Å². The topological polar surface area (TPSA) is 66.4 Å². The van der Waals surface area contributed by atoms with Gasteiger partial charge in [-0.15, -0.1) is 0 Å². The van der Waals surface area contributed by atoms with Gasteiger partial charge in [-0.2, -0.15) is 0 Å². The number of carboxylic acid groups (broad SMARTS) is 1. The highest BCUT2D eigenvalue weighted by Gasteiger charge is 2.18. The Bertz CT molecular complexity index is 417. The fourth-order valence-electron chi connectivity index (χ4n) is 2.01. The average Bonchev–Trinajstić information content (AvgIpc) is 2.44. The van der Waals surface area contributed by atoms with E-state index in [1.807, 2.05) is 30.3 Å². The molecule has 0 heterocycles. The zero-order valence-electron chi connectivity index (χ0n) is 12.0. The average molecular weight is 277 g/mol. The molecule has 1 aromatic rings. The number of unbranched alkanes of at least 4 members (excludes halogenated alkanes) is 2. The fourth-order valence-corrected chi connectivity index (χ4v) is 2.01. The van der Waals surface area contributed by atoms with Crippen LogP contribution in [0.25, 0.3) is 0 Å². The number of hydrogen-bond donors (Lipinski definition) is 2. The van der Waals surface area contributed by atoms with Crippen LogP contribution in [-0.4, -0.2) is 23.5 Å². The Morgan fingerprint density at radius 3 is 2.50 bits per heavy atom. The molecule has 4 nitrogen and oxygen atoms in total. The molecule has 0 aliphatic rings. The molecule has 2 N–H and O–H groups in total. The van der Waals surface area contributed by atoms with Gasteiger partial charge in [-0.25, -0.2) is 0 Å². The van der Waals surface area contributed by atoms with E-state index in [1.54, 1.807) is 0 Å². The minimum atomic E-state index is -0.872.